The largest absolute Gasteiger partial charge is 0.494 e. The maximum absolute atomic E-state index is 13.8. The summed E-state index contributed by atoms with van der Waals surface area (Å²) < 4.78 is 9.48. The highest BCUT2D eigenvalue weighted by molar-refractivity contribution is 5.99. The Bertz CT molecular complexity index is 1740. The zero-order valence-corrected chi connectivity index (χ0v) is 22.3. The molecule has 6 heteroatoms. The molecule has 0 amide bonds. The van der Waals surface area contributed by atoms with Crippen molar-refractivity contribution in [1.82, 2.24) is 14.2 Å². The summed E-state index contributed by atoms with van der Waals surface area (Å²) in [4.78, 5) is 18.7. The molecule has 0 spiro atoms. The van der Waals surface area contributed by atoms with Crippen molar-refractivity contribution in [3.63, 3.8) is 0 Å². The van der Waals surface area contributed by atoms with Crippen LogP contribution in [-0.2, 0) is 6.54 Å². The molecule has 6 nitrogen and oxygen atoms in total. The number of nitrogens with zero attached hydrogens (tertiary/aromatic N) is 4. The molecule has 0 aliphatic rings. The third kappa shape index (κ3) is 4.54. The fourth-order valence-corrected chi connectivity index (χ4v) is 4.86. The number of benzene rings is 3. The minimum Gasteiger partial charge on any atom is -0.494 e. The lowest BCUT2D eigenvalue weighted by Gasteiger charge is -2.18. The van der Waals surface area contributed by atoms with E-state index in [1.165, 1.54) is 4.68 Å². The van der Waals surface area contributed by atoms with Gasteiger partial charge in [-0.2, -0.15) is 9.78 Å². The van der Waals surface area contributed by atoms with Gasteiger partial charge < -0.3 is 9.30 Å². The van der Waals surface area contributed by atoms with Crippen LogP contribution in [0, 0.1) is 6.92 Å². The quantitative estimate of drug-likeness (QED) is 0.170. The summed E-state index contributed by atoms with van der Waals surface area (Å²) in [6, 6.07) is 19.7. The molecular formula is C32H32N4O2. The van der Waals surface area contributed by atoms with Gasteiger partial charge >= 0.3 is 0 Å². The van der Waals surface area contributed by atoms with E-state index >= 15 is 0 Å². The van der Waals surface area contributed by atoms with Crippen LogP contribution in [0.1, 0.15) is 43.4 Å². The minimum absolute atomic E-state index is 0.212. The zero-order valence-electron chi connectivity index (χ0n) is 22.3. The molecule has 0 saturated heterocycles. The number of para-hydroxylation sites is 2. The maximum Gasteiger partial charge on any atom is 0.282 e. The van der Waals surface area contributed by atoms with Gasteiger partial charge in [0.1, 0.15) is 5.75 Å². The molecule has 2 heterocycles. The molecule has 3 aromatic carbocycles. The van der Waals surface area contributed by atoms with Gasteiger partial charge in [0.25, 0.3) is 5.56 Å². The standard InChI is InChI=1S/C32H32N4O2/c1-6-16-35-20-23(24-12-9-11-15-29(24)35)19-33-36-31(34-28-14-10-8-13-25(28)32(36)37)27-18-26(21(3)4)30(38-7-2)17-22(27)5/h6,8-15,17-21H,1,7,16H2,2-5H3. The SMILES string of the molecule is C=CCn1cc(C=Nn2c(-c3cc(C(C)C)c(OCC)cc3C)nc3ccccc3c2=O)c2ccccc21. The van der Waals surface area contributed by atoms with Crippen LogP contribution in [0.3, 0.4) is 0 Å². The lowest BCUT2D eigenvalue weighted by molar-refractivity contribution is 0.335. The Morgan fingerprint density at radius 3 is 2.55 bits per heavy atom. The second kappa shape index (κ2) is 10.5. The molecule has 0 radical (unpaired) electrons. The number of hydrogen-bond acceptors (Lipinski definition) is 4. The number of ether oxygens (including phenoxy) is 1. The molecule has 2 aromatic heterocycles. The Hall–Kier alpha value is -4.45. The van der Waals surface area contributed by atoms with Crippen LogP contribution in [0.4, 0.5) is 0 Å². The molecule has 0 bridgehead atoms. The molecule has 0 N–H and O–H groups in total. The first-order valence-corrected chi connectivity index (χ1v) is 13.0. The first-order chi connectivity index (χ1) is 18.4. The van der Waals surface area contributed by atoms with Crippen molar-refractivity contribution in [2.75, 3.05) is 6.61 Å². The summed E-state index contributed by atoms with van der Waals surface area (Å²) in [6.07, 6.45) is 5.65. The molecule has 0 aliphatic heterocycles. The molecule has 0 atom stereocenters. The summed E-state index contributed by atoms with van der Waals surface area (Å²) in [5.41, 5.74) is 5.31. The number of aromatic nitrogens is 3. The molecular weight excluding hydrogens is 472 g/mol. The average Bonchev–Trinajstić information content (AvgIpc) is 3.26. The predicted molar refractivity (Wildman–Crippen MR) is 157 cm³/mol. The lowest BCUT2D eigenvalue weighted by atomic mass is 9.96. The maximum atomic E-state index is 13.8. The van der Waals surface area contributed by atoms with E-state index in [0.29, 0.717) is 29.9 Å². The predicted octanol–water partition coefficient (Wildman–Crippen LogP) is 6.92. The van der Waals surface area contributed by atoms with Gasteiger partial charge in [0, 0.05) is 34.8 Å². The fourth-order valence-electron chi connectivity index (χ4n) is 4.86. The van der Waals surface area contributed by atoms with Crippen molar-refractivity contribution in [2.24, 2.45) is 5.10 Å². The van der Waals surface area contributed by atoms with Crippen LogP contribution < -0.4 is 10.3 Å². The normalized spacial score (nSPS) is 11.7. The van der Waals surface area contributed by atoms with Crippen molar-refractivity contribution in [1.29, 1.82) is 0 Å². The van der Waals surface area contributed by atoms with Crippen LogP contribution >= 0.6 is 0 Å². The van der Waals surface area contributed by atoms with Gasteiger partial charge in [-0.25, -0.2) is 4.98 Å². The zero-order chi connectivity index (χ0) is 26.8. The highest BCUT2D eigenvalue weighted by Gasteiger charge is 2.18. The number of allylic oxidation sites excluding steroid dienone is 1. The van der Waals surface area contributed by atoms with E-state index < -0.39 is 0 Å². The van der Waals surface area contributed by atoms with Gasteiger partial charge in [-0.05, 0) is 61.2 Å². The smallest absolute Gasteiger partial charge is 0.282 e. The molecule has 0 fully saturated rings. The van der Waals surface area contributed by atoms with E-state index in [4.69, 9.17) is 14.8 Å². The van der Waals surface area contributed by atoms with Crippen LogP contribution in [0.2, 0.25) is 0 Å². The summed E-state index contributed by atoms with van der Waals surface area (Å²) >= 11 is 0. The van der Waals surface area contributed by atoms with Gasteiger partial charge in [0.15, 0.2) is 5.82 Å². The van der Waals surface area contributed by atoms with Crippen molar-refractivity contribution < 1.29 is 4.74 Å². The molecule has 0 unspecified atom stereocenters. The van der Waals surface area contributed by atoms with E-state index in [0.717, 1.165) is 38.9 Å². The summed E-state index contributed by atoms with van der Waals surface area (Å²) in [6.45, 7) is 13.4. The average molecular weight is 505 g/mol. The third-order valence-electron chi connectivity index (χ3n) is 6.73. The highest BCUT2D eigenvalue weighted by Crippen LogP contribution is 2.34. The van der Waals surface area contributed by atoms with E-state index in [1.807, 2.05) is 62.5 Å². The van der Waals surface area contributed by atoms with E-state index in [-0.39, 0.29) is 11.5 Å². The van der Waals surface area contributed by atoms with E-state index in [2.05, 4.69) is 43.2 Å². The first kappa shape index (κ1) is 25.2. The van der Waals surface area contributed by atoms with Gasteiger partial charge in [0.2, 0.25) is 0 Å². The summed E-state index contributed by atoms with van der Waals surface area (Å²) in [7, 11) is 0. The van der Waals surface area contributed by atoms with Gasteiger partial charge in [0.05, 0.1) is 23.7 Å². The topological polar surface area (TPSA) is 61.4 Å². The van der Waals surface area contributed by atoms with E-state index in [9.17, 15) is 4.79 Å². The lowest BCUT2D eigenvalue weighted by Crippen LogP contribution is -2.20. The van der Waals surface area contributed by atoms with Gasteiger partial charge in [-0.15, -0.1) is 6.58 Å². The van der Waals surface area contributed by atoms with Crippen LogP contribution in [-0.4, -0.2) is 27.0 Å². The Morgan fingerprint density at radius 1 is 1.08 bits per heavy atom. The van der Waals surface area contributed by atoms with Crippen molar-refractivity contribution in [2.45, 2.75) is 40.2 Å². The number of aryl methyl sites for hydroxylation is 1. The second-order valence-electron chi connectivity index (χ2n) is 9.65. The Morgan fingerprint density at radius 2 is 1.82 bits per heavy atom. The number of rotatable bonds is 8. The summed E-state index contributed by atoms with van der Waals surface area (Å²) in [5, 5.41) is 6.33. The van der Waals surface area contributed by atoms with E-state index in [1.54, 1.807) is 12.3 Å². The Kier molecular flexibility index (Phi) is 6.97. The molecule has 0 aliphatic carbocycles. The van der Waals surface area contributed by atoms with Crippen molar-refractivity contribution in [3.8, 4) is 17.1 Å². The van der Waals surface area contributed by atoms with Crippen molar-refractivity contribution in [3.05, 3.63) is 107 Å². The Balaban J connectivity index is 1.75. The first-order valence-electron chi connectivity index (χ1n) is 13.0. The van der Waals surface area contributed by atoms with Crippen LogP contribution in [0.25, 0.3) is 33.2 Å². The van der Waals surface area contributed by atoms with Gasteiger partial charge in [-0.3, -0.25) is 4.79 Å². The number of hydrogen-bond donors (Lipinski definition) is 0. The number of fused-ring (bicyclic) bond motifs is 2. The monoisotopic (exact) mass is 504 g/mol. The van der Waals surface area contributed by atoms with Crippen molar-refractivity contribution >= 4 is 28.0 Å². The molecule has 0 saturated carbocycles. The minimum atomic E-state index is -0.212. The molecule has 192 valence electrons. The Labute approximate surface area is 222 Å². The molecule has 5 aromatic rings. The molecule has 5 rings (SSSR count). The fraction of sp³-hybridized carbons (Fsp3) is 0.219. The van der Waals surface area contributed by atoms with Crippen LogP contribution in [0.5, 0.6) is 5.75 Å². The second-order valence-corrected chi connectivity index (χ2v) is 9.65. The van der Waals surface area contributed by atoms with Crippen LogP contribution in [0.15, 0.2) is 89.4 Å². The highest BCUT2D eigenvalue weighted by atomic mass is 16.5. The third-order valence-corrected chi connectivity index (χ3v) is 6.73. The van der Waals surface area contributed by atoms with Gasteiger partial charge in [-0.1, -0.05) is 50.3 Å². The summed E-state index contributed by atoms with van der Waals surface area (Å²) in [5.74, 6) is 1.59. The molecule has 38 heavy (non-hydrogen) atoms.